The minimum atomic E-state index is -0.235. The molecular weight excluding hydrogens is 326 g/mol. The number of amides is 1. The first kappa shape index (κ1) is 16.5. The Morgan fingerprint density at radius 2 is 2.17 bits per heavy atom. The van der Waals surface area contributed by atoms with Gasteiger partial charge in [-0.25, -0.2) is 4.98 Å². The SMILES string of the molecule is C=CCN1CCN(c2c(Cl)cccc2NC(=O)c2cnc[nH]2)CC1. The first-order valence-electron chi connectivity index (χ1n) is 7.85. The highest BCUT2D eigenvalue weighted by Gasteiger charge is 2.22. The van der Waals surface area contributed by atoms with E-state index in [2.05, 4.69) is 31.7 Å². The average molecular weight is 346 g/mol. The summed E-state index contributed by atoms with van der Waals surface area (Å²) in [5, 5.41) is 3.56. The number of piperazine rings is 1. The monoisotopic (exact) mass is 345 g/mol. The minimum absolute atomic E-state index is 0.235. The summed E-state index contributed by atoms with van der Waals surface area (Å²) in [6.07, 6.45) is 4.89. The van der Waals surface area contributed by atoms with Crippen molar-refractivity contribution in [1.29, 1.82) is 0 Å². The van der Waals surface area contributed by atoms with Crippen LogP contribution in [0.15, 0.2) is 43.4 Å². The summed E-state index contributed by atoms with van der Waals surface area (Å²) in [5.41, 5.74) is 1.99. The van der Waals surface area contributed by atoms with Gasteiger partial charge in [0.1, 0.15) is 5.69 Å². The van der Waals surface area contributed by atoms with Crippen molar-refractivity contribution in [2.24, 2.45) is 0 Å². The molecule has 0 saturated carbocycles. The first-order chi connectivity index (χ1) is 11.7. The quantitative estimate of drug-likeness (QED) is 0.818. The third kappa shape index (κ3) is 3.60. The maximum absolute atomic E-state index is 12.3. The van der Waals surface area contributed by atoms with Gasteiger partial charge in [-0.2, -0.15) is 0 Å². The smallest absolute Gasteiger partial charge is 0.273 e. The summed E-state index contributed by atoms with van der Waals surface area (Å²) in [6.45, 7) is 8.25. The van der Waals surface area contributed by atoms with E-state index < -0.39 is 0 Å². The van der Waals surface area contributed by atoms with E-state index in [1.807, 2.05) is 24.3 Å². The van der Waals surface area contributed by atoms with Crippen LogP contribution < -0.4 is 10.2 Å². The predicted octanol–water partition coefficient (Wildman–Crippen LogP) is 2.62. The van der Waals surface area contributed by atoms with Crippen molar-refractivity contribution in [2.45, 2.75) is 0 Å². The molecule has 2 N–H and O–H groups in total. The number of hydrogen-bond donors (Lipinski definition) is 2. The van der Waals surface area contributed by atoms with Gasteiger partial charge in [0.05, 0.1) is 28.9 Å². The van der Waals surface area contributed by atoms with E-state index in [9.17, 15) is 4.79 Å². The molecule has 1 fully saturated rings. The highest BCUT2D eigenvalue weighted by atomic mass is 35.5. The number of halogens is 1. The molecule has 0 aliphatic carbocycles. The number of nitrogens with zero attached hydrogens (tertiary/aromatic N) is 3. The molecule has 3 rings (SSSR count). The Morgan fingerprint density at radius 3 is 2.83 bits per heavy atom. The fourth-order valence-corrected chi connectivity index (χ4v) is 3.14. The zero-order valence-corrected chi connectivity index (χ0v) is 14.1. The second-order valence-electron chi connectivity index (χ2n) is 5.63. The second-order valence-corrected chi connectivity index (χ2v) is 6.04. The van der Waals surface area contributed by atoms with Gasteiger partial charge in [-0.05, 0) is 12.1 Å². The third-order valence-corrected chi connectivity index (χ3v) is 4.36. The van der Waals surface area contributed by atoms with Crippen LogP contribution in [0, 0.1) is 0 Å². The summed E-state index contributed by atoms with van der Waals surface area (Å²) in [7, 11) is 0. The van der Waals surface area contributed by atoms with E-state index in [4.69, 9.17) is 11.6 Å². The number of H-pyrrole nitrogens is 1. The van der Waals surface area contributed by atoms with E-state index in [-0.39, 0.29) is 5.91 Å². The number of benzene rings is 1. The summed E-state index contributed by atoms with van der Waals surface area (Å²) in [4.78, 5) is 23.5. The average Bonchev–Trinajstić information content (AvgIpc) is 3.11. The van der Waals surface area contributed by atoms with Crippen LogP contribution in [0.2, 0.25) is 5.02 Å². The normalized spacial score (nSPS) is 15.3. The predicted molar refractivity (Wildman–Crippen MR) is 96.8 cm³/mol. The van der Waals surface area contributed by atoms with Crippen LogP contribution >= 0.6 is 11.6 Å². The van der Waals surface area contributed by atoms with Gasteiger partial charge in [0.25, 0.3) is 5.91 Å². The van der Waals surface area contributed by atoms with Crippen molar-refractivity contribution >= 4 is 28.9 Å². The maximum atomic E-state index is 12.3. The Labute approximate surface area is 146 Å². The molecular formula is C17H20ClN5O. The molecule has 1 saturated heterocycles. The van der Waals surface area contributed by atoms with Gasteiger partial charge in [0.2, 0.25) is 0 Å². The number of hydrogen-bond acceptors (Lipinski definition) is 4. The molecule has 1 amide bonds. The molecule has 1 aromatic carbocycles. The lowest BCUT2D eigenvalue weighted by Crippen LogP contribution is -2.46. The molecule has 2 heterocycles. The number of aromatic amines is 1. The Hall–Kier alpha value is -2.31. The molecule has 0 spiro atoms. The van der Waals surface area contributed by atoms with E-state index in [1.165, 1.54) is 12.5 Å². The van der Waals surface area contributed by atoms with Crippen molar-refractivity contribution < 1.29 is 4.79 Å². The number of nitrogens with one attached hydrogen (secondary N) is 2. The lowest BCUT2D eigenvalue weighted by molar-refractivity contribution is 0.102. The van der Waals surface area contributed by atoms with Gasteiger partial charge in [0.15, 0.2) is 0 Å². The molecule has 24 heavy (non-hydrogen) atoms. The molecule has 6 nitrogen and oxygen atoms in total. The summed E-state index contributed by atoms with van der Waals surface area (Å²) in [6, 6.07) is 5.55. The highest BCUT2D eigenvalue weighted by molar-refractivity contribution is 6.34. The lowest BCUT2D eigenvalue weighted by atomic mass is 10.2. The van der Waals surface area contributed by atoms with Crippen LogP contribution in [0.3, 0.4) is 0 Å². The molecule has 1 aliphatic heterocycles. The summed E-state index contributed by atoms with van der Waals surface area (Å²) < 4.78 is 0. The number of para-hydroxylation sites is 1. The van der Waals surface area contributed by atoms with Crippen LogP contribution in [0.1, 0.15) is 10.5 Å². The van der Waals surface area contributed by atoms with Gasteiger partial charge in [0, 0.05) is 32.7 Å². The molecule has 0 unspecified atom stereocenters. The Kier molecular flexibility index (Phi) is 5.17. The molecule has 7 heteroatoms. The van der Waals surface area contributed by atoms with Crippen molar-refractivity contribution in [1.82, 2.24) is 14.9 Å². The van der Waals surface area contributed by atoms with Gasteiger partial charge in [-0.3, -0.25) is 9.69 Å². The number of rotatable bonds is 5. The lowest BCUT2D eigenvalue weighted by Gasteiger charge is -2.36. The van der Waals surface area contributed by atoms with Crippen molar-refractivity contribution in [3.63, 3.8) is 0 Å². The van der Waals surface area contributed by atoms with Crippen LogP contribution in [0.5, 0.6) is 0 Å². The van der Waals surface area contributed by atoms with Crippen molar-refractivity contribution in [3.05, 3.63) is 54.1 Å². The maximum Gasteiger partial charge on any atom is 0.273 e. The van der Waals surface area contributed by atoms with Gasteiger partial charge < -0.3 is 15.2 Å². The fraction of sp³-hybridized carbons (Fsp3) is 0.294. The molecule has 1 aromatic heterocycles. The largest absolute Gasteiger partial charge is 0.366 e. The van der Waals surface area contributed by atoms with E-state index in [0.29, 0.717) is 16.4 Å². The molecule has 0 atom stereocenters. The Balaban J connectivity index is 1.78. The molecule has 2 aromatic rings. The van der Waals surface area contributed by atoms with Crippen LogP contribution in [0.4, 0.5) is 11.4 Å². The second kappa shape index (κ2) is 7.51. The summed E-state index contributed by atoms with van der Waals surface area (Å²) >= 11 is 6.43. The van der Waals surface area contributed by atoms with Crippen molar-refractivity contribution in [3.8, 4) is 0 Å². The molecule has 126 valence electrons. The number of aromatic nitrogens is 2. The number of carbonyl (C=O) groups is 1. The number of carbonyl (C=O) groups excluding carboxylic acids is 1. The van der Waals surface area contributed by atoms with E-state index in [0.717, 1.165) is 38.4 Å². The highest BCUT2D eigenvalue weighted by Crippen LogP contribution is 2.34. The molecule has 0 bridgehead atoms. The van der Waals surface area contributed by atoms with Gasteiger partial charge in [-0.15, -0.1) is 6.58 Å². The third-order valence-electron chi connectivity index (χ3n) is 4.05. The van der Waals surface area contributed by atoms with Gasteiger partial charge in [-0.1, -0.05) is 23.7 Å². The van der Waals surface area contributed by atoms with Crippen molar-refractivity contribution in [2.75, 3.05) is 42.9 Å². The van der Waals surface area contributed by atoms with Gasteiger partial charge >= 0.3 is 0 Å². The van der Waals surface area contributed by atoms with E-state index in [1.54, 1.807) is 0 Å². The number of imidazole rings is 1. The zero-order chi connectivity index (χ0) is 16.9. The molecule has 0 radical (unpaired) electrons. The molecule has 1 aliphatic rings. The number of anilines is 2. The Bertz CT molecular complexity index is 708. The fourth-order valence-electron chi connectivity index (χ4n) is 2.84. The minimum Gasteiger partial charge on any atom is -0.366 e. The van der Waals surface area contributed by atoms with Crippen LogP contribution in [0.25, 0.3) is 0 Å². The topological polar surface area (TPSA) is 64.3 Å². The first-order valence-corrected chi connectivity index (χ1v) is 8.23. The Morgan fingerprint density at radius 1 is 1.38 bits per heavy atom. The van der Waals surface area contributed by atoms with Crippen LogP contribution in [-0.2, 0) is 0 Å². The zero-order valence-electron chi connectivity index (χ0n) is 13.3. The summed E-state index contributed by atoms with van der Waals surface area (Å²) in [5.74, 6) is -0.235. The van der Waals surface area contributed by atoms with E-state index >= 15 is 0 Å². The standard InChI is InChI=1S/C17H20ClN5O/c1-2-6-22-7-9-23(10-8-22)16-13(18)4-3-5-14(16)21-17(24)15-11-19-12-20-15/h2-5,11-12H,1,6-10H2,(H,19,20)(H,21,24). The van der Waals surface area contributed by atoms with Crippen LogP contribution in [-0.4, -0.2) is 53.5 Å².